The van der Waals surface area contributed by atoms with E-state index in [4.69, 9.17) is 9.15 Å². The summed E-state index contributed by atoms with van der Waals surface area (Å²) >= 11 is 0. The number of nitrogens with one attached hydrogen (secondary N) is 1. The van der Waals surface area contributed by atoms with E-state index in [1.807, 2.05) is 34.6 Å². The van der Waals surface area contributed by atoms with Gasteiger partial charge in [-0.1, -0.05) is 13.8 Å². The summed E-state index contributed by atoms with van der Waals surface area (Å²) in [4.78, 5) is 25.9. The molecule has 26 heavy (non-hydrogen) atoms. The Bertz CT molecular complexity index is 613. The number of carbonyl (C=O) groups excluding carboxylic acids is 2. The van der Waals surface area contributed by atoms with Crippen LogP contribution in [0.1, 0.15) is 71.6 Å². The predicted molar refractivity (Wildman–Crippen MR) is 95.7 cm³/mol. The third-order valence-corrected chi connectivity index (χ3v) is 4.05. The molecule has 146 valence electrons. The van der Waals surface area contributed by atoms with Gasteiger partial charge in [-0.3, -0.25) is 4.79 Å². The van der Waals surface area contributed by atoms with Gasteiger partial charge in [-0.05, 0) is 33.6 Å². The largest absolute Gasteiger partial charge is 0.444 e. The molecule has 1 fully saturated rings. The first-order valence-corrected chi connectivity index (χ1v) is 9.23. The van der Waals surface area contributed by atoms with Crippen molar-refractivity contribution in [2.75, 3.05) is 13.1 Å². The van der Waals surface area contributed by atoms with Crippen LogP contribution in [-0.4, -0.2) is 51.8 Å². The number of likely N-dealkylation sites (tertiary alicyclic amines) is 1. The molecule has 0 spiro atoms. The van der Waals surface area contributed by atoms with E-state index >= 15 is 0 Å². The maximum atomic E-state index is 12.1. The fourth-order valence-corrected chi connectivity index (χ4v) is 2.65. The molecule has 0 radical (unpaired) electrons. The van der Waals surface area contributed by atoms with Gasteiger partial charge in [-0.2, -0.15) is 0 Å². The third-order valence-electron chi connectivity index (χ3n) is 4.05. The van der Waals surface area contributed by atoms with Crippen molar-refractivity contribution in [3.05, 3.63) is 11.8 Å². The predicted octanol–water partition coefficient (Wildman–Crippen LogP) is 2.64. The second-order valence-electron chi connectivity index (χ2n) is 8.00. The van der Waals surface area contributed by atoms with Crippen LogP contribution in [0.3, 0.4) is 0 Å². The Hall–Kier alpha value is -2.12. The van der Waals surface area contributed by atoms with Crippen LogP contribution in [0.15, 0.2) is 4.42 Å². The number of aromatic nitrogens is 2. The van der Waals surface area contributed by atoms with Crippen molar-refractivity contribution in [1.82, 2.24) is 20.4 Å². The Morgan fingerprint density at radius 3 is 2.46 bits per heavy atom. The summed E-state index contributed by atoms with van der Waals surface area (Å²) in [5.41, 5.74) is -0.494. The minimum Gasteiger partial charge on any atom is -0.444 e. The van der Waals surface area contributed by atoms with Crippen LogP contribution in [0.2, 0.25) is 0 Å². The van der Waals surface area contributed by atoms with Crippen LogP contribution in [0.4, 0.5) is 4.79 Å². The molecule has 2 rings (SSSR count). The Morgan fingerprint density at radius 1 is 1.27 bits per heavy atom. The monoisotopic (exact) mass is 366 g/mol. The molecule has 1 saturated heterocycles. The van der Waals surface area contributed by atoms with Crippen molar-refractivity contribution in [1.29, 1.82) is 0 Å². The first-order valence-electron chi connectivity index (χ1n) is 9.23. The lowest BCUT2D eigenvalue weighted by molar-refractivity contribution is -0.122. The van der Waals surface area contributed by atoms with Crippen molar-refractivity contribution in [2.24, 2.45) is 0 Å². The molecular formula is C18H30N4O4. The summed E-state index contributed by atoms with van der Waals surface area (Å²) in [6, 6.07) is 0.0788. The Kier molecular flexibility index (Phi) is 6.61. The molecule has 8 heteroatoms. The van der Waals surface area contributed by atoms with Gasteiger partial charge in [0, 0.05) is 37.9 Å². The number of ether oxygens (including phenoxy) is 1. The van der Waals surface area contributed by atoms with E-state index in [0.717, 1.165) is 12.8 Å². The maximum Gasteiger partial charge on any atom is 0.410 e. The molecule has 0 unspecified atom stereocenters. The van der Waals surface area contributed by atoms with E-state index in [0.29, 0.717) is 37.7 Å². The Balaban J connectivity index is 1.69. The molecule has 8 nitrogen and oxygen atoms in total. The summed E-state index contributed by atoms with van der Waals surface area (Å²) in [6.07, 6.45) is 1.90. The quantitative estimate of drug-likeness (QED) is 0.860. The fraction of sp³-hybridized carbons (Fsp3) is 0.778. The molecule has 1 aliphatic heterocycles. The van der Waals surface area contributed by atoms with Gasteiger partial charge in [0.25, 0.3) is 0 Å². The smallest absolute Gasteiger partial charge is 0.410 e. The first kappa shape index (κ1) is 20.2. The number of hydrogen-bond acceptors (Lipinski definition) is 6. The van der Waals surface area contributed by atoms with Gasteiger partial charge in [-0.15, -0.1) is 10.2 Å². The van der Waals surface area contributed by atoms with Gasteiger partial charge in [0.2, 0.25) is 17.7 Å². The fourth-order valence-electron chi connectivity index (χ4n) is 2.65. The number of carbonyl (C=O) groups is 2. The first-order chi connectivity index (χ1) is 12.1. The van der Waals surface area contributed by atoms with Gasteiger partial charge in [0.15, 0.2) is 0 Å². The molecule has 2 heterocycles. The average molecular weight is 366 g/mol. The summed E-state index contributed by atoms with van der Waals surface area (Å²) in [6.45, 7) is 10.7. The molecule has 1 aromatic rings. The van der Waals surface area contributed by atoms with Gasteiger partial charge < -0.3 is 19.4 Å². The minimum absolute atomic E-state index is 0.0370. The molecule has 0 saturated carbocycles. The van der Waals surface area contributed by atoms with Crippen molar-refractivity contribution in [2.45, 2.75) is 77.9 Å². The lowest BCUT2D eigenvalue weighted by atomic mass is 10.1. The van der Waals surface area contributed by atoms with Crippen molar-refractivity contribution >= 4 is 12.0 Å². The normalized spacial score (nSPS) is 16.0. The lowest BCUT2D eigenvalue weighted by Gasteiger charge is -2.33. The summed E-state index contributed by atoms with van der Waals surface area (Å²) in [7, 11) is 0. The third kappa shape index (κ3) is 6.31. The van der Waals surface area contributed by atoms with E-state index in [2.05, 4.69) is 15.5 Å². The highest BCUT2D eigenvalue weighted by molar-refractivity contribution is 5.76. The number of amides is 2. The second-order valence-corrected chi connectivity index (χ2v) is 8.00. The molecule has 1 N–H and O–H groups in total. The van der Waals surface area contributed by atoms with Crippen molar-refractivity contribution in [3.8, 4) is 0 Å². The lowest BCUT2D eigenvalue weighted by Crippen LogP contribution is -2.47. The summed E-state index contributed by atoms with van der Waals surface area (Å²) in [5.74, 6) is 1.23. The second kappa shape index (κ2) is 8.51. The molecule has 1 aromatic heterocycles. The highest BCUT2D eigenvalue weighted by atomic mass is 16.6. The molecule has 0 aromatic carbocycles. The highest BCUT2D eigenvalue weighted by Crippen LogP contribution is 2.16. The molecular weight excluding hydrogens is 336 g/mol. The van der Waals surface area contributed by atoms with Crippen LogP contribution >= 0.6 is 0 Å². The van der Waals surface area contributed by atoms with Crippen molar-refractivity contribution in [3.63, 3.8) is 0 Å². The van der Waals surface area contributed by atoms with Crippen molar-refractivity contribution < 1.29 is 18.7 Å². The zero-order chi connectivity index (χ0) is 19.3. The van der Waals surface area contributed by atoms with Gasteiger partial charge in [-0.25, -0.2) is 4.79 Å². The molecule has 1 aliphatic rings. The summed E-state index contributed by atoms with van der Waals surface area (Å²) < 4.78 is 10.9. The standard InChI is InChI=1S/C18H30N4O4/c1-12(2)16-21-20-15(25-16)7-6-14(23)19-13-8-10-22(11-9-13)17(24)26-18(3,4)5/h12-13H,6-11H2,1-5H3,(H,19,23). The zero-order valence-corrected chi connectivity index (χ0v) is 16.4. The van der Waals surface area contributed by atoms with E-state index in [-0.39, 0.29) is 24.0 Å². The number of piperidine rings is 1. The highest BCUT2D eigenvalue weighted by Gasteiger charge is 2.27. The van der Waals surface area contributed by atoms with Gasteiger partial charge >= 0.3 is 6.09 Å². The average Bonchev–Trinajstić information content (AvgIpc) is 3.01. The number of hydrogen-bond donors (Lipinski definition) is 1. The molecule has 0 aliphatic carbocycles. The van der Waals surface area contributed by atoms with Gasteiger partial charge in [0.05, 0.1) is 0 Å². The van der Waals surface area contributed by atoms with Crippen LogP contribution in [-0.2, 0) is 16.0 Å². The van der Waals surface area contributed by atoms with E-state index < -0.39 is 5.60 Å². The van der Waals surface area contributed by atoms with Crippen LogP contribution in [0.5, 0.6) is 0 Å². The number of nitrogens with zero attached hydrogens (tertiary/aromatic N) is 3. The van der Waals surface area contributed by atoms with Crippen LogP contribution in [0.25, 0.3) is 0 Å². The Labute approximate surface area is 154 Å². The summed E-state index contributed by atoms with van der Waals surface area (Å²) in [5, 5.41) is 10.9. The molecule has 2 amide bonds. The zero-order valence-electron chi connectivity index (χ0n) is 16.4. The molecule has 0 bridgehead atoms. The van der Waals surface area contributed by atoms with E-state index in [9.17, 15) is 9.59 Å². The number of aryl methyl sites for hydroxylation is 1. The van der Waals surface area contributed by atoms with E-state index in [1.165, 1.54) is 0 Å². The van der Waals surface area contributed by atoms with E-state index in [1.54, 1.807) is 4.90 Å². The van der Waals surface area contributed by atoms with Gasteiger partial charge in [0.1, 0.15) is 5.60 Å². The molecule has 0 atom stereocenters. The topological polar surface area (TPSA) is 97.6 Å². The minimum atomic E-state index is -0.494. The number of rotatable bonds is 5. The van der Waals surface area contributed by atoms with Crippen LogP contribution < -0.4 is 5.32 Å². The SMILES string of the molecule is CC(C)c1nnc(CCC(=O)NC2CCN(C(=O)OC(C)(C)C)CC2)o1. The Morgan fingerprint density at radius 2 is 1.92 bits per heavy atom. The van der Waals surface area contributed by atoms with Crippen LogP contribution in [0, 0.1) is 0 Å². The maximum absolute atomic E-state index is 12.1.